The van der Waals surface area contributed by atoms with Crippen LogP contribution in [0, 0.1) is 0 Å². The Labute approximate surface area is 220 Å². The van der Waals surface area contributed by atoms with Gasteiger partial charge < -0.3 is 38.4 Å². The zero-order valence-corrected chi connectivity index (χ0v) is 21.5. The van der Waals surface area contributed by atoms with E-state index in [4.69, 9.17) is 28.4 Å². The van der Waals surface area contributed by atoms with Gasteiger partial charge in [-0.3, -0.25) is 14.5 Å². The Morgan fingerprint density at radius 1 is 0.947 bits per heavy atom. The molecule has 2 aromatic rings. The number of benzene rings is 2. The summed E-state index contributed by atoms with van der Waals surface area (Å²) in [4.78, 5) is 30.5. The second-order valence-corrected chi connectivity index (χ2v) is 8.97. The lowest BCUT2D eigenvalue weighted by molar-refractivity contribution is -0.140. The Balaban J connectivity index is 1.61. The van der Waals surface area contributed by atoms with Gasteiger partial charge in [-0.2, -0.15) is 0 Å². The molecule has 2 saturated heterocycles. The average molecular weight is 527 g/mol. The van der Waals surface area contributed by atoms with E-state index >= 15 is 0 Å². The van der Waals surface area contributed by atoms with Gasteiger partial charge in [0, 0.05) is 31.7 Å². The normalized spacial score (nSPS) is 20.6. The Bertz CT molecular complexity index is 1270. The molecule has 5 rings (SSSR count). The Morgan fingerprint density at radius 2 is 1.68 bits per heavy atom. The molecule has 1 atom stereocenters. The SMILES string of the molecule is COc1ccc(C(O)=C2C(=O)C(=O)N(CCN3CCOCC3)[C@@H]2c2cc(OC)c3c(c2)OCO3)cc1OC. The minimum Gasteiger partial charge on any atom is -0.507 e. The molecule has 0 bridgehead atoms. The summed E-state index contributed by atoms with van der Waals surface area (Å²) in [5.74, 6) is 0.333. The van der Waals surface area contributed by atoms with Gasteiger partial charge in [-0.25, -0.2) is 0 Å². The van der Waals surface area contributed by atoms with E-state index in [1.165, 1.54) is 26.2 Å². The number of likely N-dealkylation sites (tertiary alicyclic amines) is 1. The van der Waals surface area contributed by atoms with Gasteiger partial charge in [-0.1, -0.05) is 0 Å². The van der Waals surface area contributed by atoms with Crippen LogP contribution in [0.25, 0.3) is 5.76 Å². The molecule has 11 heteroatoms. The third-order valence-corrected chi connectivity index (χ3v) is 6.95. The first kappa shape index (κ1) is 25.7. The van der Waals surface area contributed by atoms with Crippen LogP contribution >= 0.6 is 0 Å². The van der Waals surface area contributed by atoms with Crippen LogP contribution in [0.15, 0.2) is 35.9 Å². The number of hydrogen-bond donors (Lipinski definition) is 1. The monoisotopic (exact) mass is 526 g/mol. The molecule has 0 aliphatic carbocycles. The quantitative estimate of drug-likeness (QED) is 0.312. The lowest BCUT2D eigenvalue weighted by atomic mass is 9.94. The summed E-state index contributed by atoms with van der Waals surface area (Å²) in [7, 11) is 4.48. The molecule has 3 aliphatic rings. The Kier molecular flexibility index (Phi) is 7.30. The van der Waals surface area contributed by atoms with Gasteiger partial charge in [-0.15, -0.1) is 0 Å². The number of carbonyl (C=O) groups excluding carboxylic acids is 2. The van der Waals surface area contributed by atoms with Gasteiger partial charge in [0.15, 0.2) is 23.0 Å². The van der Waals surface area contributed by atoms with Crippen molar-refractivity contribution in [3.63, 3.8) is 0 Å². The van der Waals surface area contributed by atoms with Crippen LogP contribution in [0.5, 0.6) is 28.7 Å². The van der Waals surface area contributed by atoms with E-state index in [1.54, 1.807) is 30.3 Å². The van der Waals surface area contributed by atoms with Crippen LogP contribution in [-0.2, 0) is 14.3 Å². The van der Waals surface area contributed by atoms with Crippen molar-refractivity contribution in [2.45, 2.75) is 6.04 Å². The number of Topliss-reactive ketones (excluding diaryl/α,β-unsaturated/α-hetero) is 1. The molecular weight excluding hydrogens is 496 g/mol. The fraction of sp³-hybridized carbons (Fsp3) is 0.407. The van der Waals surface area contributed by atoms with Crippen molar-refractivity contribution in [1.29, 1.82) is 0 Å². The highest BCUT2D eigenvalue weighted by Gasteiger charge is 2.47. The molecule has 3 heterocycles. The number of hydrogen-bond acceptors (Lipinski definition) is 10. The third-order valence-electron chi connectivity index (χ3n) is 6.95. The molecule has 38 heavy (non-hydrogen) atoms. The number of amides is 1. The lowest BCUT2D eigenvalue weighted by Gasteiger charge is -2.31. The van der Waals surface area contributed by atoms with Crippen LogP contribution in [0.2, 0.25) is 0 Å². The largest absolute Gasteiger partial charge is 0.507 e. The van der Waals surface area contributed by atoms with Crippen molar-refractivity contribution in [3.8, 4) is 28.7 Å². The third kappa shape index (κ3) is 4.59. The van der Waals surface area contributed by atoms with Crippen LogP contribution in [-0.4, -0.2) is 94.1 Å². The zero-order chi connectivity index (χ0) is 26.8. The Hall–Kier alpha value is -3.96. The van der Waals surface area contributed by atoms with E-state index in [-0.39, 0.29) is 24.7 Å². The molecule has 3 aliphatic heterocycles. The maximum absolute atomic E-state index is 13.4. The molecular formula is C27H30N2O9. The number of aliphatic hydroxyl groups is 1. The fourth-order valence-corrected chi connectivity index (χ4v) is 4.98. The van der Waals surface area contributed by atoms with Crippen molar-refractivity contribution in [3.05, 3.63) is 47.0 Å². The van der Waals surface area contributed by atoms with E-state index in [0.717, 1.165) is 13.1 Å². The minimum atomic E-state index is -0.882. The van der Waals surface area contributed by atoms with Crippen LogP contribution < -0.4 is 23.7 Å². The Morgan fingerprint density at radius 3 is 2.39 bits per heavy atom. The van der Waals surface area contributed by atoms with Gasteiger partial charge in [0.1, 0.15) is 5.76 Å². The zero-order valence-electron chi connectivity index (χ0n) is 21.5. The number of methoxy groups -OCH3 is 3. The van der Waals surface area contributed by atoms with Gasteiger partial charge in [0.05, 0.1) is 46.2 Å². The summed E-state index contributed by atoms with van der Waals surface area (Å²) in [6.07, 6.45) is 0. The number of ether oxygens (including phenoxy) is 6. The molecule has 0 radical (unpaired) electrons. The van der Waals surface area contributed by atoms with Crippen molar-refractivity contribution in [2.75, 3.05) is 67.5 Å². The molecule has 0 saturated carbocycles. The van der Waals surface area contributed by atoms with E-state index in [0.29, 0.717) is 59.6 Å². The number of carbonyl (C=O) groups is 2. The summed E-state index contributed by atoms with van der Waals surface area (Å²) in [5.41, 5.74) is 0.825. The fourth-order valence-electron chi connectivity index (χ4n) is 4.98. The maximum atomic E-state index is 13.4. The van der Waals surface area contributed by atoms with E-state index in [2.05, 4.69) is 4.90 Å². The van der Waals surface area contributed by atoms with Crippen molar-refractivity contribution < 1.29 is 43.1 Å². The minimum absolute atomic E-state index is 0.0258. The molecule has 2 fully saturated rings. The molecule has 1 amide bonds. The molecule has 202 valence electrons. The van der Waals surface area contributed by atoms with Crippen molar-refractivity contribution in [1.82, 2.24) is 9.80 Å². The van der Waals surface area contributed by atoms with Crippen LogP contribution in [0.4, 0.5) is 0 Å². The first-order chi connectivity index (χ1) is 18.5. The van der Waals surface area contributed by atoms with E-state index in [9.17, 15) is 14.7 Å². The van der Waals surface area contributed by atoms with Gasteiger partial charge in [0.2, 0.25) is 12.5 Å². The predicted octanol–water partition coefficient (Wildman–Crippen LogP) is 2.20. The van der Waals surface area contributed by atoms with Crippen LogP contribution in [0.3, 0.4) is 0 Å². The van der Waals surface area contributed by atoms with Gasteiger partial charge in [-0.05, 0) is 35.9 Å². The van der Waals surface area contributed by atoms with Crippen LogP contribution in [0.1, 0.15) is 17.2 Å². The summed E-state index contributed by atoms with van der Waals surface area (Å²) in [6.45, 7) is 3.54. The second kappa shape index (κ2) is 10.8. The van der Waals surface area contributed by atoms with Gasteiger partial charge in [0.25, 0.3) is 11.7 Å². The molecule has 11 nitrogen and oxygen atoms in total. The summed E-state index contributed by atoms with van der Waals surface area (Å²) in [6, 6.07) is 7.33. The summed E-state index contributed by atoms with van der Waals surface area (Å²) in [5, 5.41) is 11.4. The number of fused-ring (bicyclic) bond motifs is 1. The first-order valence-electron chi connectivity index (χ1n) is 12.2. The highest BCUT2D eigenvalue weighted by Crippen LogP contribution is 2.47. The lowest BCUT2D eigenvalue weighted by Crippen LogP contribution is -2.42. The van der Waals surface area contributed by atoms with E-state index < -0.39 is 17.7 Å². The average Bonchev–Trinajstić information content (AvgIpc) is 3.53. The molecule has 0 unspecified atom stereocenters. The topological polar surface area (TPSA) is 116 Å². The molecule has 0 aromatic heterocycles. The number of morpholine rings is 1. The van der Waals surface area contributed by atoms with E-state index in [1.807, 2.05) is 0 Å². The number of ketones is 1. The first-order valence-corrected chi connectivity index (χ1v) is 12.2. The number of aliphatic hydroxyl groups excluding tert-OH is 1. The van der Waals surface area contributed by atoms with Crippen molar-refractivity contribution >= 4 is 17.4 Å². The maximum Gasteiger partial charge on any atom is 0.295 e. The predicted molar refractivity (Wildman–Crippen MR) is 135 cm³/mol. The van der Waals surface area contributed by atoms with Crippen molar-refractivity contribution in [2.24, 2.45) is 0 Å². The smallest absolute Gasteiger partial charge is 0.295 e. The highest BCUT2D eigenvalue weighted by molar-refractivity contribution is 6.46. The number of rotatable bonds is 8. The second-order valence-electron chi connectivity index (χ2n) is 8.97. The van der Waals surface area contributed by atoms with Gasteiger partial charge >= 0.3 is 0 Å². The molecule has 2 aromatic carbocycles. The standard InChI is InChI=1S/C27H30N2O9/c1-33-18-5-4-16(12-19(18)34-2)24(30)22-23(17-13-20(35-3)26-21(14-17)37-15-38-26)29(27(32)25(22)31)7-6-28-8-10-36-11-9-28/h4-5,12-14,23,30H,6-11,15H2,1-3H3/t23-/m1/s1. The summed E-state index contributed by atoms with van der Waals surface area (Å²) < 4.78 is 32.7. The molecule has 0 spiro atoms. The molecule has 1 N–H and O–H groups in total. The summed E-state index contributed by atoms with van der Waals surface area (Å²) >= 11 is 0. The highest BCUT2D eigenvalue weighted by atomic mass is 16.7. The number of nitrogens with zero attached hydrogens (tertiary/aromatic N) is 2.